The first-order valence-corrected chi connectivity index (χ1v) is 6.25. The van der Waals surface area contributed by atoms with Crippen LogP contribution in [0.3, 0.4) is 0 Å². The summed E-state index contributed by atoms with van der Waals surface area (Å²) in [6.45, 7) is 15.6. The maximum absolute atomic E-state index is 5.50. The van der Waals surface area contributed by atoms with Crippen molar-refractivity contribution in [2.24, 2.45) is 5.41 Å². The van der Waals surface area contributed by atoms with Crippen LogP contribution in [0.15, 0.2) is 0 Å². The Kier molecular flexibility index (Phi) is 4.38. The van der Waals surface area contributed by atoms with Crippen LogP contribution in [0.2, 0.25) is 0 Å². The normalized spacial score (nSPS) is 24.8. The van der Waals surface area contributed by atoms with Crippen LogP contribution in [-0.2, 0) is 4.74 Å². The molecule has 0 bridgehead atoms. The maximum Gasteiger partial charge on any atom is 0.0749 e. The number of piperazine rings is 1. The first kappa shape index (κ1) is 13.9. The van der Waals surface area contributed by atoms with E-state index in [-0.39, 0.29) is 5.60 Å². The van der Waals surface area contributed by atoms with Crippen molar-refractivity contribution in [1.29, 1.82) is 0 Å². The average Bonchev–Trinajstić information content (AvgIpc) is 2.16. The van der Waals surface area contributed by atoms with Gasteiger partial charge in [0.25, 0.3) is 0 Å². The summed E-state index contributed by atoms with van der Waals surface area (Å²) in [5.74, 6) is 0. The fourth-order valence-corrected chi connectivity index (χ4v) is 2.14. The lowest BCUT2D eigenvalue weighted by atomic mass is 9.85. The standard InChI is InChI=1S/C13H28N2O/c1-12(2,3)11-9-15(8-7-14-11)10-13(4,5)16-6/h11,14H,7-10H2,1-6H3. The van der Waals surface area contributed by atoms with E-state index in [4.69, 9.17) is 4.74 Å². The van der Waals surface area contributed by atoms with Crippen molar-refractivity contribution in [3.8, 4) is 0 Å². The van der Waals surface area contributed by atoms with Gasteiger partial charge in [0, 0.05) is 39.3 Å². The third-order valence-electron chi connectivity index (χ3n) is 3.46. The summed E-state index contributed by atoms with van der Waals surface area (Å²) in [6, 6.07) is 0.578. The molecular weight excluding hydrogens is 200 g/mol. The van der Waals surface area contributed by atoms with E-state index in [9.17, 15) is 0 Å². The van der Waals surface area contributed by atoms with Crippen molar-refractivity contribution in [2.75, 3.05) is 33.3 Å². The largest absolute Gasteiger partial charge is 0.377 e. The molecule has 0 saturated carbocycles. The molecule has 1 rings (SSSR count). The first-order chi connectivity index (χ1) is 7.24. The minimum absolute atomic E-state index is 0.0419. The van der Waals surface area contributed by atoms with Crippen molar-refractivity contribution in [2.45, 2.75) is 46.3 Å². The Morgan fingerprint density at radius 1 is 1.25 bits per heavy atom. The third kappa shape index (κ3) is 4.04. The number of hydrogen-bond acceptors (Lipinski definition) is 3. The van der Waals surface area contributed by atoms with Crippen LogP contribution in [0.25, 0.3) is 0 Å². The van der Waals surface area contributed by atoms with Crippen molar-refractivity contribution < 1.29 is 4.74 Å². The number of rotatable bonds is 3. The van der Waals surface area contributed by atoms with Gasteiger partial charge in [0.1, 0.15) is 0 Å². The number of methoxy groups -OCH3 is 1. The minimum atomic E-state index is -0.0419. The molecule has 1 unspecified atom stereocenters. The Bertz CT molecular complexity index is 220. The second kappa shape index (κ2) is 5.03. The predicted octanol–water partition coefficient (Wildman–Crippen LogP) is 1.73. The Balaban J connectivity index is 2.51. The van der Waals surface area contributed by atoms with Crippen LogP contribution in [-0.4, -0.2) is 49.8 Å². The zero-order valence-corrected chi connectivity index (χ0v) is 11.8. The monoisotopic (exact) mass is 228 g/mol. The quantitative estimate of drug-likeness (QED) is 0.796. The van der Waals surface area contributed by atoms with Gasteiger partial charge < -0.3 is 10.1 Å². The van der Waals surface area contributed by atoms with Crippen molar-refractivity contribution in [3.05, 3.63) is 0 Å². The van der Waals surface area contributed by atoms with E-state index in [1.165, 1.54) is 0 Å². The summed E-state index contributed by atoms with van der Waals surface area (Å²) in [4.78, 5) is 2.51. The van der Waals surface area contributed by atoms with E-state index in [2.05, 4.69) is 44.8 Å². The van der Waals surface area contributed by atoms with Gasteiger partial charge in [0.2, 0.25) is 0 Å². The van der Waals surface area contributed by atoms with Gasteiger partial charge in [-0.15, -0.1) is 0 Å². The molecule has 3 nitrogen and oxygen atoms in total. The highest BCUT2D eigenvalue weighted by Crippen LogP contribution is 2.22. The fraction of sp³-hybridized carbons (Fsp3) is 1.00. The minimum Gasteiger partial charge on any atom is -0.377 e. The zero-order valence-electron chi connectivity index (χ0n) is 11.8. The highest BCUT2D eigenvalue weighted by molar-refractivity contribution is 4.89. The van der Waals surface area contributed by atoms with E-state index >= 15 is 0 Å². The molecule has 1 aliphatic heterocycles. The molecule has 0 aromatic rings. The number of hydrogen-bond donors (Lipinski definition) is 1. The van der Waals surface area contributed by atoms with Crippen LogP contribution in [0.4, 0.5) is 0 Å². The summed E-state index contributed by atoms with van der Waals surface area (Å²) < 4.78 is 5.50. The summed E-state index contributed by atoms with van der Waals surface area (Å²) in [7, 11) is 1.80. The van der Waals surface area contributed by atoms with Crippen LogP contribution >= 0.6 is 0 Å². The molecule has 0 spiro atoms. The lowest BCUT2D eigenvalue weighted by Gasteiger charge is -2.42. The van der Waals surface area contributed by atoms with Gasteiger partial charge in [0.05, 0.1) is 5.60 Å². The first-order valence-electron chi connectivity index (χ1n) is 6.25. The van der Waals surface area contributed by atoms with Gasteiger partial charge >= 0.3 is 0 Å². The second-order valence-corrected chi connectivity index (χ2v) is 6.57. The van der Waals surface area contributed by atoms with Crippen LogP contribution in [0.1, 0.15) is 34.6 Å². The van der Waals surface area contributed by atoms with E-state index in [1.54, 1.807) is 7.11 Å². The molecule has 1 saturated heterocycles. The van der Waals surface area contributed by atoms with Gasteiger partial charge in [-0.1, -0.05) is 20.8 Å². The van der Waals surface area contributed by atoms with Crippen LogP contribution in [0.5, 0.6) is 0 Å². The number of ether oxygens (including phenoxy) is 1. The molecule has 1 N–H and O–H groups in total. The van der Waals surface area contributed by atoms with Gasteiger partial charge in [-0.25, -0.2) is 0 Å². The molecule has 0 aromatic heterocycles. The second-order valence-electron chi connectivity index (χ2n) is 6.57. The van der Waals surface area contributed by atoms with Crippen molar-refractivity contribution >= 4 is 0 Å². The molecule has 1 fully saturated rings. The van der Waals surface area contributed by atoms with E-state index < -0.39 is 0 Å². The molecule has 0 aliphatic carbocycles. The Labute approximate surface area is 101 Å². The highest BCUT2D eigenvalue weighted by Gasteiger charge is 2.31. The predicted molar refractivity (Wildman–Crippen MR) is 68.8 cm³/mol. The van der Waals surface area contributed by atoms with Gasteiger partial charge in [-0.2, -0.15) is 0 Å². The highest BCUT2D eigenvalue weighted by atomic mass is 16.5. The number of nitrogens with one attached hydrogen (secondary N) is 1. The molecule has 1 atom stereocenters. The Morgan fingerprint density at radius 3 is 2.38 bits per heavy atom. The zero-order chi connectivity index (χ0) is 12.4. The molecule has 0 radical (unpaired) electrons. The molecule has 3 heteroatoms. The van der Waals surface area contributed by atoms with Gasteiger partial charge in [-0.3, -0.25) is 4.90 Å². The van der Waals surface area contributed by atoms with Crippen LogP contribution < -0.4 is 5.32 Å². The third-order valence-corrected chi connectivity index (χ3v) is 3.46. The van der Waals surface area contributed by atoms with Crippen molar-refractivity contribution in [1.82, 2.24) is 10.2 Å². The molecule has 1 heterocycles. The summed E-state index contributed by atoms with van der Waals surface area (Å²) >= 11 is 0. The Hall–Kier alpha value is -0.120. The van der Waals surface area contributed by atoms with E-state index in [0.29, 0.717) is 11.5 Å². The molecule has 0 amide bonds. The molecule has 16 heavy (non-hydrogen) atoms. The Morgan fingerprint density at radius 2 is 1.88 bits per heavy atom. The lowest BCUT2D eigenvalue weighted by molar-refractivity contribution is -0.0179. The average molecular weight is 228 g/mol. The summed E-state index contributed by atoms with van der Waals surface area (Å²) in [6.07, 6.45) is 0. The lowest BCUT2D eigenvalue weighted by Crippen LogP contribution is -2.58. The van der Waals surface area contributed by atoms with E-state index in [0.717, 1.165) is 26.2 Å². The van der Waals surface area contributed by atoms with Gasteiger partial charge in [0.15, 0.2) is 0 Å². The topological polar surface area (TPSA) is 24.5 Å². The fourth-order valence-electron chi connectivity index (χ4n) is 2.14. The summed E-state index contributed by atoms with van der Waals surface area (Å²) in [5.41, 5.74) is 0.287. The smallest absolute Gasteiger partial charge is 0.0749 e. The number of nitrogens with zero attached hydrogens (tertiary/aromatic N) is 1. The van der Waals surface area contributed by atoms with E-state index in [1.807, 2.05) is 0 Å². The molecular formula is C13H28N2O. The van der Waals surface area contributed by atoms with Crippen molar-refractivity contribution in [3.63, 3.8) is 0 Å². The molecule has 96 valence electrons. The SMILES string of the molecule is COC(C)(C)CN1CCNC(C(C)(C)C)C1. The summed E-state index contributed by atoms with van der Waals surface area (Å²) in [5, 5.41) is 3.61. The van der Waals surface area contributed by atoms with Gasteiger partial charge in [-0.05, 0) is 19.3 Å². The molecule has 0 aromatic carbocycles. The maximum atomic E-state index is 5.50. The van der Waals surface area contributed by atoms with Crippen LogP contribution in [0, 0.1) is 5.41 Å². The molecule has 1 aliphatic rings.